The number of hydrogen-bond donors (Lipinski definition) is 2. The molecule has 2 amide bonds. The molecule has 0 saturated heterocycles. The van der Waals surface area contributed by atoms with Crippen molar-refractivity contribution in [2.75, 3.05) is 16.5 Å². The van der Waals surface area contributed by atoms with Crippen molar-refractivity contribution in [3.8, 4) is 5.69 Å². The number of para-hydroxylation sites is 1. The monoisotopic (exact) mass is 363 g/mol. The zero-order valence-electron chi connectivity index (χ0n) is 12.0. The predicted molar refractivity (Wildman–Crippen MR) is 88.6 cm³/mol. The number of alkyl halides is 1. The third kappa shape index (κ3) is 3.55. The number of halogens is 1. The molecule has 2 aromatic heterocycles. The van der Waals surface area contributed by atoms with Crippen LogP contribution in [0.5, 0.6) is 0 Å². The molecule has 9 nitrogen and oxygen atoms in total. The first-order chi connectivity index (χ1) is 11.7. The maximum Gasteiger partial charge on any atom is 0.281 e. The molecule has 0 bridgehead atoms. The Kier molecular flexibility index (Phi) is 4.77. The summed E-state index contributed by atoms with van der Waals surface area (Å²) in [6.07, 6.45) is 0. The maximum absolute atomic E-state index is 12.4. The van der Waals surface area contributed by atoms with E-state index in [9.17, 15) is 9.59 Å². The van der Waals surface area contributed by atoms with E-state index >= 15 is 0 Å². The van der Waals surface area contributed by atoms with E-state index in [1.54, 1.807) is 24.3 Å². The second kappa shape index (κ2) is 7.15. The third-order valence-electron chi connectivity index (χ3n) is 2.78. The number of aromatic nitrogens is 5. The molecule has 1 aromatic carbocycles. The zero-order chi connectivity index (χ0) is 16.9. The number of nitrogens with one attached hydrogen (secondary N) is 2. The second-order valence-corrected chi connectivity index (χ2v) is 5.50. The Bertz CT molecular complexity index is 851. The summed E-state index contributed by atoms with van der Waals surface area (Å²) in [5, 5.41) is 20.9. The van der Waals surface area contributed by atoms with Crippen molar-refractivity contribution in [1.82, 2.24) is 25.2 Å². The number of anilines is 2. The van der Waals surface area contributed by atoms with Crippen LogP contribution in [0.1, 0.15) is 10.5 Å². The summed E-state index contributed by atoms with van der Waals surface area (Å²) in [6, 6.07) is 8.97. The van der Waals surface area contributed by atoms with Gasteiger partial charge < -0.3 is 5.32 Å². The number of carbonyl (C=O) groups excluding carboxylic acids is 2. The van der Waals surface area contributed by atoms with E-state index in [1.807, 2.05) is 6.07 Å². The average Bonchev–Trinajstić information content (AvgIpc) is 3.25. The molecule has 0 aliphatic carbocycles. The minimum atomic E-state index is -0.571. The van der Waals surface area contributed by atoms with Crippen molar-refractivity contribution in [1.29, 1.82) is 0 Å². The molecule has 0 unspecified atom stereocenters. The molecule has 2 N–H and O–H groups in total. The van der Waals surface area contributed by atoms with Gasteiger partial charge in [0.05, 0.1) is 5.69 Å². The first-order valence-electron chi connectivity index (χ1n) is 6.63. The summed E-state index contributed by atoms with van der Waals surface area (Å²) < 4.78 is 0. The van der Waals surface area contributed by atoms with Gasteiger partial charge in [0.1, 0.15) is 11.4 Å². The lowest BCUT2D eigenvalue weighted by Crippen LogP contribution is -2.18. The molecule has 122 valence electrons. The second-order valence-electron chi connectivity index (χ2n) is 4.40. The summed E-state index contributed by atoms with van der Waals surface area (Å²) in [5.41, 5.74) is 2.05. The van der Waals surface area contributed by atoms with Crippen molar-refractivity contribution in [3.05, 3.63) is 41.5 Å². The van der Waals surface area contributed by atoms with Crippen molar-refractivity contribution in [2.45, 2.75) is 0 Å². The highest BCUT2D eigenvalue weighted by Crippen LogP contribution is 2.16. The van der Waals surface area contributed by atoms with Crippen LogP contribution in [0, 0.1) is 0 Å². The standard InChI is InChI=1S/C13H10ClN7O2S/c14-6-9(22)16-11-10(12(23)17-13-18-15-7-24-13)19-21(20-11)8-4-2-1-3-5-8/h1-5,7H,6H2,(H,16,20,22)(H,17,18,23). The van der Waals surface area contributed by atoms with Crippen LogP contribution < -0.4 is 10.6 Å². The SMILES string of the molecule is O=C(CCl)Nc1nn(-c2ccccc2)nc1C(=O)Nc1nncs1. The fraction of sp³-hybridized carbons (Fsp3) is 0.0769. The van der Waals surface area contributed by atoms with Crippen LogP contribution in [-0.2, 0) is 4.79 Å². The normalized spacial score (nSPS) is 10.4. The number of benzene rings is 1. The summed E-state index contributed by atoms with van der Waals surface area (Å²) >= 11 is 6.64. The van der Waals surface area contributed by atoms with E-state index in [-0.39, 0.29) is 17.4 Å². The van der Waals surface area contributed by atoms with Gasteiger partial charge in [-0.1, -0.05) is 29.5 Å². The molecule has 0 aliphatic rings. The van der Waals surface area contributed by atoms with E-state index in [0.717, 1.165) is 11.3 Å². The smallest absolute Gasteiger partial charge is 0.281 e. The Hall–Kier alpha value is -2.85. The fourth-order valence-electron chi connectivity index (χ4n) is 1.77. The molecule has 0 atom stereocenters. The quantitative estimate of drug-likeness (QED) is 0.664. The van der Waals surface area contributed by atoms with Crippen LogP contribution in [0.15, 0.2) is 35.8 Å². The molecule has 0 saturated carbocycles. The highest BCUT2D eigenvalue weighted by molar-refractivity contribution is 7.13. The molecule has 2 heterocycles. The average molecular weight is 364 g/mol. The van der Waals surface area contributed by atoms with Crippen molar-refractivity contribution >= 4 is 45.7 Å². The summed E-state index contributed by atoms with van der Waals surface area (Å²) in [7, 11) is 0. The largest absolute Gasteiger partial charge is 0.306 e. The van der Waals surface area contributed by atoms with Gasteiger partial charge in [-0.2, -0.15) is 0 Å². The van der Waals surface area contributed by atoms with Crippen LogP contribution in [0.4, 0.5) is 10.9 Å². The van der Waals surface area contributed by atoms with Gasteiger partial charge in [0.25, 0.3) is 5.91 Å². The van der Waals surface area contributed by atoms with Gasteiger partial charge in [-0.25, -0.2) is 0 Å². The van der Waals surface area contributed by atoms with Crippen LogP contribution in [-0.4, -0.2) is 42.9 Å². The number of rotatable bonds is 5. The van der Waals surface area contributed by atoms with Crippen molar-refractivity contribution in [3.63, 3.8) is 0 Å². The van der Waals surface area contributed by atoms with E-state index in [0.29, 0.717) is 10.8 Å². The summed E-state index contributed by atoms with van der Waals surface area (Å²) in [4.78, 5) is 25.2. The van der Waals surface area contributed by atoms with Crippen molar-refractivity contribution < 1.29 is 9.59 Å². The topological polar surface area (TPSA) is 115 Å². The minimum Gasteiger partial charge on any atom is -0.306 e. The molecule has 0 spiro atoms. The molecular weight excluding hydrogens is 354 g/mol. The molecular formula is C13H10ClN7O2S. The summed E-state index contributed by atoms with van der Waals surface area (Å²) in [6.45, 7) is 0. The molecule has 0 aliphatic heterocycles. The maximum atomic E-state index is 12.4. The van der Waals surface area contributed by atoms with Crippen LogP contribution >= 0.6 is 22.9 Å². The van der Waals surface area contributed by atoms with E-state index in [1.165, 1.54) is 10.3 Å². The lowest BCUT2D eigenvalue weighted by molar-refractivity contribution is -0.113. The highest BCUT2D eigenvalue weighted by Gasteiger charge is 2.21. The predicted octanol–water partition coefficient (Wildman–Crippen LogP) is 1.55. The molecule has 3 rings (SSSR count). The molecule has 0 fully saturated rings. The lowest BCUT2D eigenvalue weighted by Gasteiger charge is -2.01. The third-order valence-corrected chi connectivity index (χ3v) is 3.63. The van der Waals surface area contributed by atoms with E-state index < -0.39 is 11.8 Å². The van der Waals surface area contributed by atoms with Gasteiger partial charge >= 0.3 is 0 Å². The lowest BCUT2D eigenvalue weighted by atomic mass is 10.3. The Balaban J connectivity index is 1.94. The van der Waals surface area contributed by atoms with Crippen molar-refractivity contribution in [2.24, 2.45) is 0 Å². The van der Waals surface area contributed by atoms with Crippen LogP contribution in [0.25, 0.3) is 5.69 Å². The highest BCUT2D eigenvalue weighted by atomic mass is 35.5. The molecule has 3 aromatic rings. The Morgan fingerprint density at radius 1 is 1.17 bits per heavy atom. The fourth-order valence-corrected chi connectivity index (χ4v) is 2.28. The van der Waals surface area contributed by atoms with Gasteiger partial charge in [0.15, 0.2) is 11.5 Å². The summed E-state index contributed by atoms with van der Waals surface area (Å²) in [5.74, 6) is -1.33. The number of amides is 2. The number of hydrogen-bond acceptors (Lipinski definition) is 7. The Labute approximate surface area is 144 Å². The first kappa shape index (κ1) is 16.0. The first-order valence-corrected chi connectivity index (χ1v) is 8.05. The van der Waals surface area contributed by atoms with Crippen LogP contribution in [0.2, 0.25) is 0 Å². The Morgan fingerprint density at radius 2 is 1.96 bits per heavy atom. The number of nitrogens with zero attached hydrogens (tertiary/aromatic N) is 5. The molecule has 0 radical (unpaired) electrons. The van der Waals surface area contributed by atoms with Gasteiger partial charge in [-0.15, -0.1) is 36.8 Å². The zero-order valence-corrected chi connectivity index (χ0v) is 13.6. The Morgan fingerprint density at radius 3 is 2.62 bits per heavy atom. The van der Waals surface area contributed by atoms with E-state index in [2.05, 4.69) is 31.0 Å². The molecule has 11 heteroatoms. The van der Waals surface area contributed by atoms with Gasteiger partial charge in [0.2, 0.25) is 11.0 Å². The van der Waals surface area contributed by atoms with Gasteiger partial charge in [0, 0.05) is 0 Å². The van der Waals surface area contributed by atoms with E-state index in [4.69, 9.17) is 11.6 Å². The number of carbonyl (C=O) groups is 2. The van der Waals surface area contributed by atoms with Crippen LogP contribution in [0.3, 0.4) is 0 Å². The molecule has 24 heavy (non-hydrogen) atoms. The van der Waals surface area contributed by atoms with Gasteiger partial charge in [-0.05, 0) is 12.1 Å². The minimum absolute atomic E-state index is 0.00604. The van der Waals surface area contributed by atoms with Gasteiger partial charge in [-0.3, -0.25) is 14.9 Å².